The number of carboxylic acids is 1. The van der Waals surface area contributed by atoms with Gasteiger partial charge in [0.2, 0.25) is 0 Å². The third-order valence-electron chi connectivity index (χ3n) is 4.43. The predicted molar refractivity (Wildman–Crippen MR) is 149 cm³/mol. The Hall–Kier alpha value is -3.46. The second kappa shape index (κ2) is 18.1. The summed E-state index contributed by atoms with van der Waals surface area (Å²) in [6.07, 6.45) is -1.48. The maximum absolute atomic E-state index is 12.7. The average Bonchev–Trinajstić information content (AvgIpc) is 2.82. The lowest BCUT2D eigenvalue weighted by Gasteiger charge is -2.22. The van der Waals surface area contributed by atoms with Crippen molar-refractivity contribution in [2.75, 3.05) is 70.0 Å². The zero-order valence-electron chi connectivity index (χ0n) is 24.6. The first kappa shape index (κ1) is 35.6. The highest BCUT2D eigenvalue weighted by Crippen LogP contribution is 2.25. The molecule has 0 spiro atoms. The summed E-state index contributed by atoms with van der Waals surface area (Å²) in [5.41, 5.74) is -0.865. The molecule has 0 fully saturated rings. The highest BCUT2D eigenvalue weighted by molar-refractivity contribution is 6.00. The van der Waals surface area contributed by atoms with Crippen molar-refractivity contribution >= 4 is 35.4 Å². The van der Waals surface area contributed by atoms with Gasteiger partial charge in [-0.25, -0.2) is 14.4 Å². The molecule has 41 heavy (non-hydrogen) atoms. The van der Waals surface area contributed by atoms with E-state index in [0.29, 0.717) is 26.4 Å². The van der Waals surface area contributed by atoms with Crippen molar-refractivity contribution in [1.29, 1.82) is 0 Å². The van der Waals surface area contributed by atoms with E-state index in [9.17, 15) is 19.2 Å². The SMILES string of the molecule is CC(C)(C)OC(=O)Nc1ccc(C(=O)NCCOCCOCCOCCOCC(=O)O)cc1NC(=O)OC(C)(C)C. The molecule has 0 bridgehead atoms. The van der Waals surface area contributed by atoms with Crippen LogP contribution in [0.1, 0.15) is 51.9 Å². The summed E-state index contributed by atoms with van der Waals surface area (Å²) in [4.78, 5) is 47.6. The summed E-state index contributed by atoms with van der Waals surface area (Å²) < 4.78 is 31.4. The third-order valence-corrected chi connectivity index (χ3v) is 4.43. The van der Waals surface area contributed by atoms with Crippen LogP contribution in [0.25, 0.3) is 0 Å². The topological polar surface area (TPSA) is 180 Å². The number of carbonyl (C=O) groups excluding carboxylic acids is 3. The molecule has 232 valence electrons. The van der Waals surface area contributed by atoms with Crippen LogP contribution in [-0.2, 0) is 33.2 Å². The van der Waals surface area contributed by atoms with Crippen molar-refractivity contribution in [3.8, 4) is 0 Å². The van der Waals surface area contributed by atoms with Gasteiger partial charge in [0.25, 0.3) is 5.91 Å². The lowest BCUT2D eigenvalue weighted by molar-refractivity contribution is -0.142. The molecule has 14 heteroatoms. The van der Waals surface area contributed by atoms with Crippen LogP contribution in [-0.4, -0.2) is 99.8 Å². The fourth-order valence-electron chi connectivity index (χ4n) is 2.88. The van der Waals surface area contributed by atoms with Gasteiger partial charge in [-0.2, -0.15) is 0 Å². The number of ether oxygens (including phenoxy) is 6. The molecule has 0 radical (unpaired) electrons. The standard InChI is InChI=1S/C27H43N3O11/c1-26(2,3)40-24(34)29-20-8-7-19(17-21(20)30-25(35)41-27(4,5)6)23(33)28-9-10-36-11-12-37-13-14-38-15-16-39-18-22(31)32/h7-8,17H,9-16,18H2,1-6H3,(H,28,33)(H,29,34)(H,30,35)(H,31,32). The zero-order valence-corrected chi connectivity index (χ0v) is 24.6. The Morgan fingerprint density at radius 3 is 1.63 bits per heavy atom. The lowest BCUT2D eigenvalue weighted by Crippen LogP contribution is -2.30. The lowest BCUT2D eigenvalue weighted by atomic mass is 10.1. The predicted octanol–water partition coefficient (Wildman–Crippen LogP) is 3.26. The van der Waals surface area contributed by atoms with Gasteiger partial charge in [0.05, 0.1) is 57.6 Å². The summed E-state index contributed by atoms with van der Waals surface area (Å²) in [7, 11) is 0. The fourth-order valence-corrected chi connectivity index (χ4v) is 2.88. The smallest absolute Gasteiger partial charge is 0.412 e. The molecule has 1 aromatic rings. The van der Waals surface area contributed by atoms with E-state index in [4.69, 9.17) is 33.5 Å². The second-order valence-corrected chi connectivity index (χ2v) is 10.6. The van der Waals surface area contributed by atoms with Crippen LogP contribution < -0.4 is 16.0 Å². The molecular formula is C27H43N3O11. The maximum Gasteiger partial charge on any atom is 0.412 e. The molecule has 0 heterocycles. The van der Waals surface area contributed by atoms with Gasteiger partial charge in [-0.3, -0.25) is 15.4 Å². The first-order valence-electron chi connectivity index (χ1n) is 13.1. The minimum atomic E-state index is -1.03. The second-order valence-electron chi connectivity index (χ2n) is 10.6. The Kier molecular flexibility index (Phi) is 15.7. The number of nitrogens with one attached hydrogen (secondary N) is 3. The van der Waals surface area contributed by atoms with E-state index < -0.39 is 35.3 Å². The normalized spacial score (nSPS) is 11.5. The molecule has 0 aliphatic carbocycles. The van der Waals surface area contributed by atoms with E-state index in [-0.39, 0.29) is 49.9 Å². The number of carbonyl (C=O) groups is 4. The number of hydrogen-bond acceptors (Lipinski definition) is 10. The van der Waals surface area contributed by atoms with Crippen molar-refractivity contribution < 1.29 is 52.7 Å². The van der Waals surface area contributed by atoms with Crippen molar-refractivity contribution in [3.63, 3.8) is 0 Å². The first-order chi connectivity index (χ1) is 19.2. The quantitative estimate of drug-likeness (QED) is 0.197. The van der Waals surface area contributed by atoms with Gasteiger partial charge in [0.1, 0.15) is 17.8 Å². The summed E-state index contributed by atoms with van der Waals surface area (Å²) in [5, 5.41) is 16.3. The van der Waals surface area contributed by atoms with E-state index >= 15 is 0 Å². The third kappa shape index (κ3) is 18.5. The Morgan fingerprint density at radius 2 is 1.15 bits per heavy atom. The molecule has 1 rings (SSSR count). The van der Waals surface area contributed by atoms with Crippen molar-refractivity contribution in [3.05, 3.63) is 23.8 Å². The number of amides is 3. The van der Waals surface area contributed by atoms with Crippen LogP contribution in [0.4, 0.5) is 21.0 Å². The van der Waals surface area contributed by atoms with Crippen molar-refractivity contribution in [2.45, 2.75) is 52.7 Å². The molecule has 0 aromatic heterocycles. The highest BCUT2D eigenvalue weighted by Gasteiger charge is 2.21. The molecule has 0 saturated carbocycles. The van der Waals surface area contributed by atoms with Crippen LogP contribution in [0.5, 0.6) is 0 Å². The van der Waals surface area contributed by atoms with E-state index in [1.807, 2.05) is 0 Å². The molecule has 0 atom stereocenters. The summed E-state index contributed by atoms with van der Waals surface area (Å²) in [6.45, 7) is 12.2. The van der Waals surface area contributed by atoms with Crippen LogP contribution in [0.15, 0.2) is 18.2 Å². The van der Waals surface area contributed by atoms with Crippen LogP contribution in [0, 0.1) is 0 Å². The summed E-state index contributed by atoms with van der Waals surface area (Å²) >= 11 is 0. The van der Waals surface area contributed by atoms with Gasteiger partial charge in [-0.05, 0) is 59.7 Å². The van der Waals surface area contributed by atoms with E-state index in [1.165, 1.54) is 18.2 Å². The van der Waals surface area contributed by atoms with Gasteiger partial charge in [0.15, 0.2) is 0 Å². The Labute approximate surface area is 240 Å². The Balaban J connectivity index is 2.48. The fraction of sp³-hybridized carbons (Fsp3) is 0.630. The van der Waals surface area contributed by atoms with Crippen molar-refractivity contribution in [1.82, 2.24) is 5.32 Å². The van der Waals surface area contributed by atoms with Gasteiger partial charge < -0.3 is 38.8 Å². The number of carboxylic acid groups (broad SMARTS) is 1. The molecule has 0 saturated heterocycles. The average molecular weight is 586 g/mol. The van der Waals surface area contributed by atoms with Crippen molar-refractivity contribution in [2.24, 2.45) is 0 Å². The number of benzene rings is 1. The molecule has 3 amide bonds. The maximum atomic E-state index is 12.7. The summed E-state index contributed by atoms with van der Waals surface area (Å²) in [6, 6.07) is 4.39. The Morgan fingerprint density at radius 1 is 0.683 bits per heavy atom. The van der Waals surface area contributed by atoms with Crippen LogP contribution in [0.2, 0.25) is 0 Å². The van der Waals surface area contributed by atoms with Gasteiger partial charge >= 0.3 is 18.2 Å². The zero-order chi connectivity index (χ0) is 30.9. The monoisotopic (exact) mass is 585 g/mol. The number of anilines is 2. The van der Waals surface area contributed by atoms with E-state index in [0.717, 1.165) is 0 Å². The van der Waals surface area contributed by atoms with E-state index in [1.54, 1.807) is 41.5 Å². The molecule has 4 N–H and O–H groups in total. The van der Waals surface area contributed by atoms with E-state index in [2.05, 4.69) is 16.0 Å². The Bertz CT molecular complexity index is 988. The molecule has 14 nitrogen and oxygen atoms in total. The minimum absolute atomic E-state index is 0.155. The molecular weight excluding hydrogens is 542 g/mol. The van der Waals surface area contributed by atoms with Crippen LogP contribution in [0.3, 0.4) is 0 Å². The summed E-state index contributed by atoms with van der Waals surface area (Å²) in [5.74, 6) is -1.44. The largest absolute Gasteiger partial charge is 0.480 e. The molecule has 0 aliphatic rings. The highest BCUT2D eigenvalue weighted by atomic mass is 16.6. The number of rotatable bonds is 17. The van der Waals surface area contributed by atoms with Gasteiger partial charge in [0, 0.05) is 12.1 Å². The molecule has 0 aliphatic heterocycles. The van der Waals surface area contributed by atoms with Gasteiger partial charge in [-0.1, -0.05) is 0 Å². The first-order valence-corrected chi connectivity index (χ1v) is 13.1. The minimum Gasteiger partial charge on any atom is -0.480 e. The number of hydrogen-bond donors (Lipinski definition) is 4. The van der Waals surface area contributed by atoms with Crippen LogP contribution >= 0.6 is 0 Å². The number of aliphatic carboxylic acids is 1. The van der Waals surface area contributed by atoms with Gasteiger partial charge in [-0.15, -0.1) is 0 Å². The molecule has 1 aromatic carbocycles. The molecule has 0 unspecified atom stereocenters.